The van der Waals surface area contributed by atoms with E-state index >= 15 is 0 Å². The number of aliphatic hydroxyl groups excluding tert-OH is 1. The van der Waals surface area contributed by atoms with Crippen molar-refractivity contribution in [2.24, 2.45) is 0 Å². The third-order valence-electron chi connectivity index (χ3n) is 4.24. The smallest absolute Gasteiger partial charge is 0.296 e. The summed E-state index contributed by atoms with van der Waals surface area (Å²) in [6.07, 6.45) is 0.665. The Morgan fingerprint density at radius 1 is 1.04 bits per heavy atom. The van der Waals surface area contributed by atoms with Crippen LogP contribution < -0.4 is 0 Å². The van der Waals surface area contributed by atoms with Gasteiger partial charge in [-0.1, -0.05) is 23.7 Å². The van der Waals surface area contributed by atoms with Crippen LogP contribution in [0.2, 0.25) is 5.02 Å². The van der Waals surface area contributed by atoms with E-state index in [0.29, 0.717) is 30.2 Å². The van der Waals surface area contributed by atoms with Crippen molar-refractivity contribution >= 4 is 29.0 Å². The molecule has 0 aliphatic carbocycles. The van der Waals surface area contributed by atoms with E-state index in [0.717, 1.165) is 24.5 Å². The fourth-order valence-electron chi connectivity index (χ4n) is 2.92. The first-order chi connectivity index (χ1) is 11.6. The van der Waals surface area contributed by atoms with Gasteiger partial charge in [0.1, 0.15) is 0 Å². The van der Waals surface area contributed by atoms with Gasteiger partial charge in [-0.25, -0.2) is 0 Å². The van der Waals surface area contributed by atoms with Crippen LogP contribution in [-0.4, -0.2) is 66.1 Å². The van der Waals surface area contributed by atoms with Gasteiger partial charge in [-0.15, -0.1) is 0 Å². The molecular formula is C17H19ClN2O4. The van der Waals surface area contributed by atoms with Crippen LogP contribution in [0.4, 0.5) is 0 Å². The van der Waals surface area contributed by atoms with E-state index < -0.39 is 17.6 Å². The van der Waals surface area contributed by atoms with Gasteiger partial charge in [0.05, 0.1) is 18.8 Å². The molecule has 0 aromatic heterocycles. The molecule has 1 saturated heterocycles. The average Bonchev–Trinajstić information content (AvgIpc) is 2.80. The Morgan fingerprint density at radius 2 is 1.71 bits per heavy atom. The molecule has 1 aromatic rings. The lowest BCUT2D eigenvalue weighted by atomic mass is 10.1. The molecule has 1 fully saturated rings. The number of aliphatic hydroxyl groups is 1. The SMILES string of the molecule is O=C1C(O)=C(c2ccc(Cl)cc2)C(=O)N1CCCN1CCOCC1. The average molecular weight is 351 g/mol. The number of rotatable bonds is 5. The first-order valence-electron chi connectivity index (χ1n) is 7.93. The minimum Gasteiger partial charge on any atom is -0.502 e. The van der Waals surface area contributed by atoms with Crippen LogP contribution in [-0.2, 0) is 14.3 Å². The molecule has 2 aliphatic heterocycles. The normalized spacial score (nSPS) is 19.5. The molecule has 0 atom stereocenters. The number of hydrogen-bond donors (Lipinski definition) is 1. The van der Waals surface area contributed by atoms with Crippen LogP contribution in [0.5, 0.6) is 0 Å². The Kier molecular flexibility index (Phi) is 5.18. The zero-order chi connectivity index (χ0) is 17.1. The van der Waals surface area contributed by atoms with Crippen LogP contribution >= 0.6 is 11.6 Å². The van der Waals surface area contributed by atoms with Crippen molar-refractivity contribution in [2.45, 2.75) is 6.42 Å². The van der Waals surface area contributed by atoms with Gasteiger partial charge < -0.3 is 9.84 Å². The zero-order valence-electron chi connectivity index (χ0n) is 13.2. The van der Waals surface area contributed by atoms with Crippen LogP contribution in [0.3, 0.4) is 0 Å². The number of amides is 2. The third-order valence-corrected chi connectivity index (χ3v) is 4.49. The highest BCUT2D eigenvalue weighted by Gasteiger charge is 2.38. The van der Waals surface area contributed by atoms with Crippen molar-refractivity contribution in [1.29, 1.82) is 0 Å². The minimum absolute atomic E-state index is 0.0445. The minimum atomic E-state index is -0.632. The fraction of sp³-hybridized carbons (Fsp3) is 0.412. The molecule has 2 heterocycles. The summed E-state index contributed by atoms with van der Waals surface area (Å²) in [5, 5.41) is 10.6. The zero-order valence-corrected chi connectivity index (χ0v) is 14.0. The summed E-state index contributed by atoms with van der Waals surface area (Å²) in [6, 6.07) is 6.48. The molecule has 1 aromatic carbocycles. The lowest BCUT2D eigenvalue weighted by Crippen LogP contribution is -2.39. The molecule has 0 unspecified atom stereocenters. The predicted octanol–water partition coefficient (Wildman–Crippen LogP) is 1.70. The van der Waals surface area contributed by atoms with Crippen LogP contribution in [0, 0.1) is 0 Å². The third kappa shape index (κ3) is 3.45. The lowest BCUT2D eigenvalue weighted by molar-refractivity contribution is -0.138. The highest BCUT2D eigenvalue weighted by atomic mass is 35.5. The van der Waals surface area contributed by atoms with E-state index in [1.165, 1.54) is 0 Å². The van der Waals surface area contributed by atoms with E-state index in [1.807, 2.05) is 0 Å². The van der Waals surface area contributed by atoms with Crippen LogP contribution in [0.1, 0.15) is 12.0 Å². The second kappa shape index (κ2) is 7.34. The van der Waals surface area contributed by atoms with Gasteiger partial charge in [-0.2, -0.15) is 0 Å². The molecule has 2 amide bonds. The summed E-state index contributed by atoms with van der Waals surface area (Å²) in [6.45, 7) is 4.23. The Hall–Kier alpha value is -1.89. The molecule has 6 nitrogen and oxygen atoms in total. The van der Waals surface area contributed by atoms with E-state index in [9.17, 15) is 14.7 Å². The van der Waals surface area contributed by atoms with Gasteiger partial charge >= 0.3 is 0 Å². The summed E-state index contributed by atoms with van der Waals surface area (Å²) >= 11 is 5.84. The van der Waals surface area contributed by atoms with Crippen molar-refractivity contribution in [3.63, 3.8) is 0 Å². The van der Waals surface area contributed by atoms with Crippen molar-refractivity contribution in [3.8, 4) is 0 Å². The standard InChI is InChI=1S/C17H19ClN2O4/c18-13-4-2-12(3-5-13)14-15(21)17(23)20(16(14)22)7-1-6-19-8-10-24-11-9-19/h2-5,21H,1,6-11H2. The van der Waals surface area contributed by atoms with Crippen molar-refractivity contribution in [1.82, 2.24) is 9.80 Å². The number of carbonyl (C=O) groups is 2. The molecule has 7 heteroatoms. The van der Waals surface area contributed by atoms with E-state index in [4.69, 9.17) is 16.3 Å². The van der Waals surface area contributed by atoms with Crippen molar-refractivity contribution < 1.29 is 19.4 Å². The maximum Gasteiger partial charge on any atom is 0.296 e. The lowest BCUT2D eigenvalue weighted by Gasteiger charge is -2.27. The Labute approximate surface area is 145 Å². The van der Waals surface area contributed by atoms with Gasteiger partial charge in [0, 0.05) is 31.2 Å². The second-order valence-corrected chi connectivity index (χ2v) is 6.24. The summed E-state index contributed by atoms with van der Waals surface area (Å²) < 4.78 is 5.29. The maximum absolute atomic E-state index is 12.5. The number of imide groups is 1. The Balaban J connectivity index is 1.63. The summed E-state index contributed by atoms with van der Waals surface area (Å²) in [4.78, 5) is 28.0. The Morgan fingerprint density at radius 3 is 2.38 bits per heavy atom. The Bertz CT molecular complexity index is 666. The fourth-order valence-corrected chi connectivity index (χ4v) is 3.05. The molecule has 128 valence electrons. The number of ether oxygens (including phenoxy) is 1. The molecule has 0 saturated carbocycles. The van der Waals surface area contributed by atoms with E-state index in [1.54, 1.807) is 24.3 Å². The van der Waals surface area contributed by atoms with Crippen molar-refractivity contribution in [3.05, 3.63) is 40.6 Å². The van der Waals surface area contributed by atoms with Gasteiger partial charge in [0.25, 0.3) is 11.8 Å². The molecule has 24 heavy (non-hydrogen) atoms. The monoisotopic (exact) mass is 350 g/mol. The van der Waals surface area contributed by atoms with Crippen LogP contribution in [0.15, 0.2) is 30.0 Å². The molecular weight excluding hydrogens is 332 g/mol. The summed E-state index contributed by atoms with van der Waals surface area (Å²) in [5.41, 5.74) is 0.536. The molecule has 0 radical (unpaired) electrons. The molecule has 0 spiro atoms. The second-order valence-electron chi connectivity index (χ2n) is 5.80. The molecule has 1 N–H and O–H groups in total. The number of morpholine rings is 1. The van der Waals surface area contributed by atoms with Crippen molar-refractivity contribution in [2.75, 3.05) is 39.4 Å². The van der Waals surface area contributed by atoms with E-state index in [-0.39, 0.29) is 12.1 Å². The highest BCUT2D eigenvalue weighted by Crippen LogP contribution is 2.28. The predicted molar refractivity (Wildman–Crippen MR) is 89.6 cm³/mol. The first-order valence-corrected chi connectivity index (χ1v) is 8.31. The van der Waals surface area contributed by atoms with Crippen LogP contribution in [0.25, 0.3) is 5.57 Å². The number of hydrogen-bond acceptors (Lipinski definition) is 5. The van der Waals surface area contributed by atoms with Gasteiger partial charge in [-0.05, 0) is 24.1 Å². The van der Waals surface area contributed by atoms with Gasteiger partial charge in [-0.3, -0.25) is 19.4 Å². The van der Waals surface area contributed by atoms with E-state index in [2.05, 4.69) is 4.90 Å². The number of nitrogens with zero attached hydrogens (tertiary/aromatic N) is 2. The maximum atomic E-state index is 12.5. The topological polar surface area (TPSA) is 70.1 Å². The quantitative estimate of drug-likeness (QED) is 0.818. The summed E-state index contributed by atoms with van der Waals surface area (Å²) in [7, 11) is 0. The molecule has 3 rings (SSSR count). The molecule has 0 bridgehead atoms. The highest BCUT2D eigenvalue weighted by molar-refractivity contribution is 6.35. The number of carbonyl (C=O) groups excluding carboxylic acids is 2. The number of halogens is 1. The summed E-state index contributed by atoms with van der Waals surface area (Å²) in [5.74, 6) is -1.58. The molecule has 2 aliphatic rings. The largest absolute Gasteiger partial charge is 0.502 e. The van der Waals surface area contributed by atoms with Gasteiger partial charge in [0.2, 0.25) is 0 Å². The number of benzene rings is 1. The first kappa shape index (κ1) is 17.0. The van der Waals surface area contributed by atoms with Gasteiger partial charge in [0.15, 0.2) is 5.76 Å².